The fraction of sp³-hybridized carbons (Fsp3) is 0.367. The molecule has 0 spiro atoms. The lowest BCUT2D eigenvalue weighted by Crippen LogP contribution is -2.63. The van der Waals surface area contributed by atoms with E-state index in [0.29, 0.717) is 16.7 Å². The number of phenols is 1. The Morgan fingerprint density at radius 2 is 1.71 bits per heavy atom. The Kier molecular flexibility index (Phi) is 6.72. The molecule has 3 aliphatic carbocycles. The summed E-state index contributed by atoms with van der Waals surface area (Å²) in [6.45, 7) is -0.0648. The summed E-state index contributed by atoms with van der Waals surface area (Å²) in [5.74, 6) is -6.85. The van der Waals surface area contributed by atoms with Crippen LogP contribution in [-0.2, 0) is 22.6 Å². The highest BCUT2D eigenvalue weighted by Crippen LogP contribution is 2.53. The lowest BCUT2D eigenvalue weighted by Gasteiger charge is -2.50. The molecule has 41 heavy (non-hydrogen) atoms. The van der Waals surface area contributed by atoms with Crippen LogP contribution in [0.2, 0.25) is 0 Å². The monoisotopic (exact) mass is 562 g/mol. The Morgan fingerprint density at radius 1 is 1.07 bits per heavy atom. The second-order valence-corrected chi connectivity index (χ2v) is 11.4. The van der Waals surface area contributed by atoms with Crippen LogP contribution in [0.5, 0.6) is 5.75 Å². The van der Waals surface area contributed by atoms with E-state index in [0.717, 1.165) is 11.3 Å². The number of nitrogens with zero attached hydrogens (tertiary/aromatic N) is 2. The molecule has 216 valence electrons. The highest BCUT2D eigenvalue weighted by molar-refractivity contribution is 6.25. The number of rotatable bonds is 5. The van der Waals surface area contributed by atoms with E-state index >= 15 is 0 Å². The van der Waals surface area contributed by atoms with Crippen molar-refractivity contribution in [1.82, 2.24) is 4.90 Å². The second-order valence-electron chi connectivity index (χ2n) is 11.4. The third-order valence-electron chi connectivity index (χ3n) is 8.72. The first kappa shape index (κ1) is 28.3. The summed E-state index contributed by atoms with van der Waals surface area (Å²) in [7, 11) is 7.03. The van der Waals surface area contributed by atoms with E-state index in [-0.39, 0.29) is 36.3 Å². The standard InChI is InChI=1S/C30H34N4O7/c1-33(2)16-7-5-13(6-8-16)17-10-15(12-31)24(35)21-18(17)9-14-11-19-23(34(3)4)26(37)22(29(32)40)28(39)30(19,41)27(38)20(14)25(21)36/h5-8,10,14,19,23,35,37-38,41H,9,11-12,31H2,1-4H3,(H2,32,40)/t14-,19-,23-,30-/m0/s1. The maximum Gasteiger partial charge on any atom is 0.255 e. The second kappa shape index (κ2) is 9.72. The van der Waals surface area contributed by atoms with Crippen LogP contribution in [0.4, 0.5) is 5.69 Å². The number of hydrogen-bond acceptors (Lipinski definition) is 10. The molecule has 11 heteroatoms. The number of benzene rings is 2. The van der Waals surface area contributed by atoms with Gasteiger partial charge in [-0.15, -0.1) is 0 Å². The minimum atomic E-state index is -2.68. The van der Waals surface area contributed by atoms with Crippen molar-refractivity contribution in [1.29, 1.82) is 0 Å². The average Bonchev–Trinajstić information content (AvgIpc) is 2.90. The summed E-state index contributed by atoms with van der Waals surface area (Å²) in [5.41, 5.74) is 10.9. The topological polar surface area (TPSA) is 191 Å². The number of aliphatic hydroxyl groups is 3. The minimum absolute atomic E-state index is 0.0180. The zero-order valence-corrected chi connectivity index (χ0v) is 23.3. The molecule has 0 heterocycles. The van der Waals surface area contributed by atoms with Gasteiger partial charge in [0.05, 0.1) is 11.6 Å². The van der Waals surface area contributed by atoms with Gasteiger partial charge in [-0.1, -0.05) is 12.1 Å². The smallest absolute Gasteiger partial charge is 0.255 e. The number of amides is 1. The molecule has 0 fully saturated rings. The van der Waals surface area contributed by atoms with E-state index in [2.05, 4.69) is 0 Å². The lowest BCUT2D eigenvalue weighted by molar-refractivity contribution is -0.148. The SMILES string of the molecule is CN(C)c1ccc(-c2cc(CN)c(O)c3c2C[C@H]2C[C@H]4[C@H](N(C)C)C(O)=C(C(N)=O)C(=O)[C@@]4(O)C(O)=C2C3=O)cc1. The molecule has 0 unspecified atom stereocenters. The van der Waals surface area contributed by atoms with Crippen molar-refractivity contribution >= 4 is 23.2 Å². The summed E-state index contributed by atoms with van der Waals surface area (Å²) < 4.78 is 0. The largest absolute Gasteiger partial charge is 0.510 e. The number of aromatic hydroxyl groups is 1. The van der Waals surface area contributed by atoms with Gasteiger partial charge in [-0.2, -0.15) is 0 Å². The summed E-state index contributed by atoms with van der Waals surface area (Å²) in [5, 5.41) is 45.3. The molecular weight excluding hydrogens is 528 g/mol. The number of Topliss-reactive ketones (excluding diaryl/α,β-unsaturated/α-hetero) is 2. The van der Waals surface area contributed by atoms with Crippen LogP contribution in [0.25, 0.3) is 11.1 Å². The minimum Gasteiger partial charge on any atom is -0.510 e. The predicted octanol–water partition coefficient (Wildman–Crippen LogP) is 1.31. The molecule has 0 radical (unpaired) electrons. The first-order chi connectivity index (χ1) is 19.2. The Bertz CT molecular complexity index is 1560. The van der Waals surface area contributed by atoms with E-state index < -0.39 is 58.0 Å². The molecule has 1 amide bonds. The van der Waals surface area contributed by atoms with Gasteiger partial charge in [0.15, 0.2) is 11.4 Å². The van der Waals surface area contributed by atoms with Crippen molar-refractivity contribution in [2.75, 3.05) is 33.1 Å². The molecule has 0 aromatic heterocycles. The summed E-state index contributed by atoms with van der Waals surface area (Å²) in [6.07, 6.45) is 0.210. The van der Waals surface area contributed by atoms with Gasteiger partial charge in [-0.25, -0.2) is 0 Å². The fourth-order valence-electron chi connectivity index (χ4n) is 6.73. The van der Waals surface area contributed by atoms with Crippen molar-refractivity contribution in [3.8, 4) is 16.9 Å². The molecular formula is C30H34N4O7. The number of nitrogens with two attached hydrogens (primary N) is 2. The predicted molar refractivity (Wildman–Crippen MR) is 151 cm³/mol. The van der Waals surface area contributed by atoms with Gasteiger partial charge in [0, 0.05) is 43.4 Å². The van der Waals surface area contributed by atoms with Gasteiger partial charge in [-0.3, -0.25) is 19.3 Å². The molecule has 0 saturated heterocycles. The Labute approximate surface area is 237 Å². The molecule has 2 aromatic carbocycles. The molecule has 0 aliphatic heterocycles. The molecule has 2 aromatic rings. The van der Waals surface area contributed by atoms with Crippen LogP contribution in [0, 0.1) is 11.8 Å². The molecule has 3 aliphatic rings. The van der Waals surface area contributed by atoms with Gasteiger partial charge in [0.25, 0.3) is 5.91 Å². The number of phenolic OH excluding ortho intramolecular Hbond substituents is 1. The van der Waals surface area contributed by atoms with Gasteiger partial charge >= 0.3 is 0 Å². The number of carbonyl (C=O) groups excluding carboxylic acids is 3. The van der Waals surface area contributed by atoms with Crippen LogP contribution in [0.15, 0.2) is 53.0 Å². The summed E-state index contributed by atoms with van der Waals surface area (Å²) in [4.78, 5) is 43.2. The van der Waals surface area contributed by atoms with E-state index in [4.69, 9.17) is 11.5 Å². The molecule has 0 bridgehead atoms. The number of carbonyl (C=O) groups is 3. The maximum absolute atomic E-state index is 14.1. The first-order valence-corrected chi connectivity index (χ1v) is 13.3. The van der Waals surface area contributed by atoms with Crippen LogP contribution < -0.4 is 16.4 Å². The molecule has 4 atom stereocenters. The number of ketones is 2. The number of aliphatic hydroxyl groups excluding tert-OH is 2. The fourth-order valence-corrected chi connectivity index (χ4v) is 6.73. The zero-order valence-electron chi connectivity index (χ0n) is 23.3. The molecule has 11 nitrogen and oxygen atoms in total. The lowest BCUT2D eigenvalue weighted by atomic mass is 9.58. The van der Waals surface area contributed by atoms with Crippen LogP contribution in [0.1, 0.15) is 27.9 Å². The maximum atomic E-state index is 14.1. The summed E-state index contributed by atoms with van der Waals surface area (Å²) >= 11 is 0. The molecule has 5 rings (SSSR count). The number of likely N-dealkylation sites (N-methyl/N-ethyl adjacent to an activating group) is 1. The van der Waals surface area contributed by atoms with Gasteiger partial charge in [0.1, 0.15) is 22.8 Å². The Balaban J connectivity index is 1.73. The number of fused-ring (bicyclic) bond motifs is 3. The van der Waals surface area contributed by atoms with Crippen molar-refractivity contribution in [3.63, 3.8) is 0 Å². The van der Waals surface area contributed by atoms with Crippen molar-refractivity contribution in [2.24, 2.45) is 23.3 Å². The van der Waals surface area contributed by atoms with Crippen LogP contribution in [0.3, 0.4) is 0 Å². The van der Waals surface area contributed by atoms with Crippen LogP contribution in [-0.4, -0.2) is 82.6 Å². The Morgan fingerprint density at radius 3 is 2.24 bits per heavy atom. The highest BCUT2D eigenvalue weighted by atomic mass is 16.3. The number of primary amides is 1. The van der Waals surface area contributed by atoms with Crippen molar-refractivity contribution in [2.45, 2.75) is 31.0 Å². The molecule has 8 N–H and O–H groups in total. The van der Waals surface area contributed by atoms with E-state index in [1.807, 2.05) is 43.3 Å². The number of hydrogen-bond donors (Lipinski definition) is 6. The van der Waals surface area contributed by atoms with Gasteiger partial charge in [0.2, 0.25) is 5.78 Å². The summed E-state index contributed by atoms with van der Waals surface area (Å²) in [6, 6.07) is 8.38. The molecule has 0 saturated carbocycles. The quantitative estimate of drug-likeness (QED) is 0.290. The van der Waals surface area contributed by atoms with Crippen molar-refractivity contribution in [3.05, 3.63) is 69.7 Å². The zero-order chi connectivity index (χ0) is 30.1. The first-order valence-electron chi connectivity index (χ1n) is 13.3. The Hall–Kier alpha value is -4.19. The van der Waals surface area contributed by atoms with Gasteiger partial charge in [-0.05, 0) is 67.7 Å². The van der Waals surface area contributed by atoms with Crippen molar-refractivity contribution < 1.29 is 34.8 Å². The van der Waals surface area contributed by atoms with E-state index in [1.54, 1.807) is 20.2 Å². The number of anilines is 1. The van der Waals surface area contributed by atoms with Crippen LogP contribution >= 0.6 is 0 Å². The normalized spacial score (nSPS) is 25.7. The average molecular weight is 563 g/mol. The van der Waals surface area contributed by atoms with E-state index in [1.165, 1.54) is 4.90 Å². The highest BCUT2D eigenvalue weighted by Gasteiger charge is 2.63. The van der Waals surface area contributed by atoms with E-state index in [9.17, 15) is 34.8 Å². The van der Waals surface area contributed by atoms with Gasteiger partial charge < -0.3 is 36.8 Å². The third-order valence-corrected chi connectivity index (χ3v) is 8.72. The third kappa shape index (κ3) is 3.95. The number of allylic oxidation sites excluding steroid dienone is 1.